The summed E-state index contributed by atoms with van der Waals surface area (Å²) < 4.78 is 1.84. The Hall–Kier alpha value is -3.85. The van der Waals surface area contributed by atoms with Gasteiger partial charge in [0.1, 0.15) is 0 Å². The average molecular weight is 360 g/mol. The van der Waals surface area contributed by atoms with Crippen LogP contribution in [0.4, 0.5) is 0 Å². The standard InChI is InChI=1S/C25H16N2O/c28-25(20-12-7-11-19-16-8-1-4-13-21(16)26-24(19)20)27-22-14-5-2-9-17(22)18-10-3-6-15-23(18)27/h1-15,26H. The number of hydrogen-bond donors (Lipinski definition) is 1. The minimum absolute atomic E-state index is 0.0189. The number of benzene rings is 4. The molecular formula is C25H16N2O. The molecule has 0 unspecified atom stereocenters. The molecule has 3 heteroatoms. The molecule has 0 aliphatic rings. The van der Waals surface area contributed by atoms with Gasteiger partial charge in [-0.25, -0.2) is 0 Å². The molecule has 28 heavy (non-hydrogen) atoms. The van der Waals surface area contributed by atoms with Crippen molar-refractivity contribution in [3.05, 3.63) is 96.6 Å². The van der Waals surface area contributed by atoms with Crippen LogP contribution in [0.15, 0.2) is 91.0 Å². The average Bonchev–Trinajstić information content (AvgIpc) is 3.29. The molecule has 0 amide bonds. The van der Waals surface area contributed by atoms with E-state index in [0.717, 1.165) is 43.6 Å². The number of nitrogens with one attached hydrogen (secondary N) is 1. The molecule has 6 rings (SSSR count). The number of fused-ring (bicyclic) bond motifs is 6. The Labute approximate surface area is 160 Å². The molecule has 3 nitrogen and oxygen atoms in total. The van der Waals surface area contributed by atoms with E-state index in [1.807, 2.05) is 71.3 Å². The van der Waals surface area contributed by atoms with Gasteiger partial charge in [0.2, 0.25) is 0 Å². The van der Waals surface area contributed by atoms with Crippen LogP contribution in [0.3, 0.4) is 0 Å². The maximum Gasteiger partial charge on any atom is 0.265 e. The highest BCUT2D eigenvalue weighted by Crippen LogP contribution is 2.32. The lowest BCUT2D eigenvalue weighted by Gasteiger charge is -2.07. The Bertz CT molecular complexity index is 1480. The molecule has 0 atom stereocenters. The number of carbonyl (C=O) groups excluding carboxylic acids is 1. The number of H-pyrrole nitrogens is 1. The number of carbonyl (C=O) groups is 1. The highest BCUT2D eigenvalue weighted by atomic mass is 16.2. The summed E-state index contributed by atoms with van der Waals surface area (Å²) in [5, 5.41) is 4.39. The Morgan fingerprint density at radius 3 is 1.89 bits per heavy atom. The SMILES string of the molecule is O=C(c1cccc2c1[nH]c1ccccc12)n1c2ccccc2c2ccccc21. The molecule has 2 heterocycles. The predicted octanol–water partition coefficient (Wildman–Crippen LogP) is 6.12. The molecule has 0 aliphatic heterocycles. The second kappa shape index (κ2) is 5.57. The Balaban J connectivity index is 1.70. The summed E-state index contributed by atoms with van der Waals surface area (Å²) in [5.41, 5.74) is 4.47. The molecule has 0 radical (unpaired) electrons. The summed E-state index contributed by atoms with van der Waals surface area (Å²) in [6, 6.07) is 30.3. The van der Waals surface area contributed by atoms with Gasteiger partial charge in [-0.15, -0.1) is 0 Å². The highest BCUT2D eigenvalue weighted by Gasteiger charge is 2.20. The summed E-state index contributed by atoms with van der Waals surface area (Å²) in [4.78, 5) is 17.2. The van der Waals surface area contributed by atoms with Crippen LogP contribution in [0.1, 0.15) is 10.4 Å². The zero-order chi connectivity index (χ0) is 18.7. The van der Waals surface area contributed by atoms with E-state index in [1.54, 1.807) is 0 Å². The Morgan fingerprint density at radius 2 is 1.18 bits per heavy atom. The molecule has 0 fully saturated rings. The van der Waals surface area contributed by atoms with Crippen molar-refractivity contribution in [3.8, 4) is 0 Å². The Kier molecular flexibility index (Phi) is 3.03. The number of aromatic amines is 1. The minimum Gasteiger partial charge on any atom is -0.354 e. The second-order valence-electron chi connectivity index (χ2n) is 7.07. The third-order valence-corrected chi connectivity index (χ3v) is 5.55. The van der Waals surface area contributed by atoms with Gasteiger partial charge >= 0.3 is 0 Å². The lowest BCUT2D eigenvalue weighted by Crippen LogP contribution is -2.12. The van der Waals surface area contributed by atoms with Crippen LogP contribution in [0, 0.1) is 0 Å². The molecule has 2 aromatic heterocycles. The molecule has 132 valence electrons. The maximum atomic E-state index is 13.8. The van der Waals surface area contributed by atoms with Gasteiger partial charge in [0, 0.05) is 27.1 Å². The lowest BCUT2D eigenvalue weighted by molar-refractivity contribution is 0.0971. The number of para-hydroxylation sites is 4. The second-order valence-corrected chi connectivity index (χ2v) is 7.07. The first-order chi connectivity index (χ1) is 13.8. The van der Waals surface area contributed by atoms with Gasteiger partial charge in [-0.2, -0.15) is 0 Å². The van der Waals surface area contributed by atoms with Gasteiger partial charge in [-0.3, -0.25) is 9.36 Å². The number of nitrogens with zero attached hydrogens (tertiary/aromatic N) is 1. The monoisotopic (exact) mass is 360 g/mol. The van der Waals surface area contributed by atoms with Crippen LogP contribution in [0.25, 0.3) is 43.6 Å². The minimum atomic E-state index is -0.0189. The van der Waals surface area contributed by atoms with Crippen molar-refractivity contribution in [2.24, 2.45) is 0 Å². The van der Waals surface area contributed by atoms with Crippen LogP contribution in [-0.4, -0.2) is 15.5 Å². The first-order valence-corrected chi connectivity index (χ1v) is 9.35. The van der Waals surface area contributed by atoms with E-state index in [0.29, 0.717) is 5.56 Å². The molecule has 0 aliphatic carbocycles. The van der Waals surface area contributed by atoms with E-state index in [2.05, 4.69) is 29.2 Å². The van der Waals surface area contributed by atoms with E-state index >= 15 is 0 Å². The lowest BCUT2D eigenvalue weighted by atomic mass is 10.1. The first kappa shape index (κ1) is 15.2. The Morgan fingerprint density at radius 1 is 0.607 bits per heavy atom. The van der Waals surface area contributed by atoms with Crippen molar-refractivity contribution >= 4 is 49.5 Å². The van der Waals surface area contributed by atoms with E-state index in [1.165, 1.54) is 0 Å². The first-order valence-electron chi connectivity index (χ1n) is 9.35. The van der Waals surface area contributed by atoms with Crippen molar-refractivity contribution in [2.45, 2.75) is 0 Å². The van der Waals surface area contributed by atoms with Crippen molar-refractivity contribution in [1.82, 2.24) is 9.55 Å². The van der Waals surface area contributed by atoms with Gasteiger partial charge in [0.15, 0.2) is 0 Å². The third-order valence-electron chi connectivity index (χ3n) is 5.55. The molecule has 1 N–H and O–H groups in total. The third kappa shape index (κ3) is 1.96. The fraction of sp³-hybridized carbons (Fsp3) is 0. The van der Waals surface area contributed by atoms with Crippen molar-refractivity contribution in [1.29, 1.82) is 0 Å². The number of aromatic nitrogens is 2. The predicted molar refractivity (Wildman–Crippen MR) is 115 cm³/mol. The van der Waals surface area contributed by atoms with Gasteiger partial charge in [0.05, 0.1) is 22.1 Å². The van der Waals surface area contributed by atoms with Crippen LogP contribution >= 0.6 is 0 Å². The number of rotatable bonds is 1. The summed E-state index contributed by atoms with van der Waals surface area (Å²) >= 11 is 0. The van der Waals surface area contributed by atoms with Crippen molar-refractivity contribution < 1.29 is 4.79 Å². The van der Waals surface area contributed by atoms with E-state index in [4.69, 9.17) is 0 Å². The van der Waals surface area contributed by atoms with Crippen molar-refractivity contribution in [2.75, 3.05) is 0 Å². The molecule has 0 saturated carbocycles. The molecule has 0 bridgehead atoms. The fourth-order valence-electron chi connectivity index (χ4n) is 4.31. The highest BCUT2D eigenvalue weighted by molar-refractivity contribution is 6.21. The summed E-state index contributed by atoms with van der Waals surface area (Å²) in [5.74, 6) is -0.0189. The van der Waals surface area contributed by atoms with E-state index in [-0.39, 0.29) is 5.91 Å². The molecular weight excluding hydrogens is 344 g/mol. The maximum absolute atomic E-state index is 13.8. The zero-order valence-corrected chi connectivity index (χ0v) is 15.0. The van der Waals surface area contributed by atoms with Crippen LogP contribution in [-0.2, 0) is 0 Å². The summed E-state index contributed by atoms with van der Waals surface area (Å²) in [6.07, 6.45) is 0. The van der Waals surface area contributed by atoms with Gasteiger partial charge in [-0.1, -0.05) is 66.7 Å². The van der Waals surface area contributed by atoms with Gasteiger partial charge < -0.3 is 4.98 Å². The fourth-order valence-corrected chi connectivity index (χ4v) is 4.31. The molecule has 0 saturated heterocycles. The summed E-state index contributed by atoms with van der Waals surface area (Å²) in [7, 11) is 0. The van der Waals surface area contributed by atoms with Crippen LogP contribution in [0.2, 0.25) is 0 Å². The molecule has 6 aromatic rings. The largest absolute Gasteiger partial charge is 0.354 e. The summed E-state index contributed by atoms with van der Waals surface area (Å²) in [6.45, 7) is 0. The smallest absolute Gasteiger partial charge is 0.265 e. The topological polar surface area (TPSA) is 37.8 Å². The molecule has 4 aromatic carbocycles. The van der Waals surface area contributed by atoms with Crippen molar-refractivity contribution in [3.63, 3.8) is 0 Å². The van der Waals surface area contributed by atoms with Gasteiger partial charge in [-0.05, 0) is 24.3 Å². The van der Waals surface area contributed by atoms with Gasteiger partial charge in [0.25, 0.3) is 5.91 Å². The normalized spacial score (nSPS) is 11.7. The number of hydrogen-bond acceptors (Lipinski definition) is 1. The van der Waals surface area contributed by atoms with Crippen LogP contribution < -0.4 is 0 Å². The quantitative estimate of drug-likeness (QED) is 0.377. The van der Waals surface area contributed by atoms with Crippen LogP contribution in [0.5, 0.6) is 0 Å². The van der Waals surface area contributed by atoms with E-state index < -0.39 is 0 Å². The van der Waals surface area contributed by atoms with E-state index in [9.17, 15) is 4.79 Å². The zero-order valence-electron chi connectivity index (χ0n) is 15.0. The molecule has 0 spiro atoms.